The lowest BCUT2D eigenvalue weighted by molar-refractivity contribution is 0.460. The van der Waals surface area contributed by atoms with Gasteiger partial charge in [0.05, 0.1) is 0 Å². The Balaban J connectivity index is 1.46. The van der Waals surface area contributed by atoms with Gasteiger partial charge in [-0.1, -0.05) is 24.6 Å². The standard InChI is InChI=1S/C18H28N6S2/c1-19-17(21-12-14-9-11-26-13-14)20-10-5-8-16-22-23-18(25-2)24(16)15-6-3-4-7-15/h9,11,13,15H,3-8,10,12H2,1-2H3,(H2,19,20,21). The van der Waals surface area contributed by atoms with Crippen molar-refractivity contribution in [3.05, 3.63) is 28.2 Å². The smallest absolute Gasteiger partial charge is 0.191 e. The number of hydrogen-bond acceptors (Lipinski definition) is 5. The summed E-state index contributed by atoms with van der Waals surface area (Å²) in [6.07, 6.45) is 9.21. The number of thioether (sulfide) groups is 1. The van der Waals surface area contributed by atoms with Gasteiger partial charge in [0.2, 0.25) is 0 Å². The lowest BCUT2D eigenvalue weighted by Crippen LogP contribution is -2.37. The van der Waals surface area contributed by atoms with Gasteiger partial charge in [0.15, 0.2) is 11.1 Å². The van der Waals surface area contributed by atoms with E-state index < -0.39 is 0 Å². The predicted molar refractivity (Wildman–Crippen MR) is 110 cm³/mol. The summed E-state index contributed by atoms with van der Waals surface area (Å²) in [7, 11) is 1.81. The third-order valence-corrected chi connectivity index (χ3v) is 6.12. The summed E-state index contributed by atoms with van der Waals surface area (Å²) in [4.78, 5) is 4.29. The van der Waals surface area contributed by atoms with Gasteiger partial charge in [0, 0.05) is 32.6 Å². The summed E-state index contributed by atoms with van der Waals surface area (Å²) in [6.45, 7) is 1.67. The van der Waals surface area contributed by atoms with Crippen molar-refractivity contribution in [2.24, 2.45) is 4.99 Å². The van der Waals surface area contributed by atoms with Crippen LogP contribution in [0.1, 0.15) is 49.5 Å². The molecule has 0 unspecified atom stereocenters. The molecular formula is C18H28N6S2. The molecule has 0 aromatic carbocycles. The first kappa shape index (κ1) is 19.2. The molecule has 26 heavy (non-hydrogen) atoms. The molecule has 0 bridgehead atoms. The van der Waals surface area contributed by atoms with Crippen molar-refractivity contribution in [3.8, 4) is 0 Å². The molecule has 1 fully saturated rings. The van der Waals surface area contributed by atoms with Crippen molar-refractivity contribution in [1.29, 1.82) is 0 Å². The minimum absolute atomic E-state index is 0.593. The Bertz CT molecular complexity index is 689. The van der Waals surface area contributed by atoms with E-state index in [-0.39, 0.29) is 0 Å². The van der Waals surface area contributed by atoms with Gasteiger partial charge in [-0.25, -0.2) is 0 Å². The maximum Gasteiger partial charge on any atom is 0.191 e. The van der Waals surface area contributed by atoms with Crippen LogP contribution in [0.15, 0.2) is 27.0 Å². The zero-order chi connectivity index (χ0) is 18.2. The van der Waals surface area contributed by atoms with Crippen LogP contribution in [0, 0.1) is 0 Å². The fourth-order valence-electron chi connectivity index (χ4n) is 3.40. The van der Waals surface area contributed by atoms with Crippen LogP contribution in [0.4, 0.5) is 0 Å². The van der Waals surface area contributed by atoms with Gasteiger partial charge in [0.25, 0.3) is 0 Å². The van der Waals surface area contributed by atoms with E-state index >= 15 is 0 Å². The lowest BCUT2D eigenvalue weighted by atomic mass is 10.2. The van der Waals surface area contributed by atoms with E-state index in [4.69, 9.17) is 0 Å². The first-order chi connectivity index (χ1) is 12.8. The molecule has 142 valence electrons. The fraction of sp³-hybridized carbons (Fsp3) is 0.611. The SMILES string of the molecule is CN=C(NCCCc1nnc(SC)n1C1CCCC1)NCc1ccsc1. The predicted octanol–water partition coefficient (Wildman–Crippen LogP) is 3.47. The minimum atomic E-state index is 0.593. The Morgan fingerprint density at radius 2 is 2.19 bits per heavy atom. The zero-order valence-electron chi connectivity index (χ0n) is 15.6. The number of hydrogen-bond donors (Lipinski definition) is 2. The van der Waals surface area contributed by atoms with Crippen LogP contribution < -0.4 is 10.6 Å². The average molecular weight is 393 g/mol. The summed E-state index contributed by atoms with van der Waals surface area (Å²) < 4.78 is 2.39. The lowest BCUT2D eigenvalue weighted by Gasteiger charge is -2.16. The Labute approximate surface area is 163 Å². The molecule has 1 aliphatic carbocycles. The number of guanidine groups is 1. The van der Waals surface area contributed by atoms with Crippen molar-refractivity contribution in [2.45, 2.75) is 56.3 Å². The largest absolute Gasteiger partial charge is 0.356 e. The number of rotatable bonds is 8. The van der Waals surface area contributed by atoms with Crippen molar-refractivity contribution in [3.63, 3.8) is 0 Å². The highest BCUT2D eigenvalue weighted by atomic mass is 32.2. The summed E-state index contributed by atoms with van der Waals surface area (Å²) in [5.41, 5.74) is 1.28. The molecule has 0 radical (unpaired) electrons. The monoisotopic (exact) mass is 392 g/mol. The van der Waals surface area contributed by atoms with Crippen molar-refractivity contribution in [2.75, 3.05) is 19.8 Å². The second kappa shape index (κ2) is 9.97. The Kier molecular flexibility index (Phi) is 7.37. The first-order valence-electron chi connectivity index (χ1n) is 9.25. The van der Waals surface area contributed by atoms with Gasteiger partial charge in [0.1, 0.15) is 5.82 Å². The van der Waals surface area contributed by atoms with E-state index in [2.05, 4.69) is 53.5 Å². The maximum absolute atomic E-state index is 4.46. The van der Waals surface area contributed by atoms with E-state index in [9.17, 15) is 0 Å². The summed E-state index contributed by atoms with van der Waals surface area (Å²) in [5.74, 6) is 1.97. The van der Waals surface area contributed by atoms with E-state index in [0.717, 1.165) is 42.9 Å². The second-order valence-corrected chi connectivity index (χ2v) is 8.05. The van der Waals surface area contributed by atoms with Gasteiger partial charge in [-0.15, -0.1) is 10.2 Å². The molecule has 6 nitrogen and oxygen atoms in total. The molecule has 2 aromatic rings. The average Bonchev–Trinajstić information content (AvgIpc) is 3.41. The Morgan fingerprint density at radius 3 is 2.88 bits per heavy atom. The summed E-state index contributed by atoms with van der Waals surface area (Å²) in [5, 5.41) is 20.9. The molecule has 2 aromatic heterocycles. The fourth-order valence-corrected chi connectivity index (χ4v) is 4.64. The molecule has 0 atom stereocenters. The van der Waals surface area contributed by atoms with Crippen LogP contribution in [0.5, 0.6) is 0 Å². The van der Waals surface area contributed by atoms with Crippen LogP contribution in [-0.2, 0) is 13.0 Å². The molecule has 2 heterocycles. The van der Waals surface area contributed by atoms with Crippen molar-refractivity contribution in [1.82, 2.24) is 25.4 Å². The third kappa shape index (κ3) is 5.01. The molecule has 0 amide bonds. The van der Waals surface area contributed by atoms with Crippen LogP contribution in [0.3, 0.4) is 0 Å². The normalized spacial score (nSPS) is 15.5. The highest BCUT2D eigenvalue weighted by molar-refractivity contribution is 7.98. The van der Waals surface area contributed by atoms with Gasteiger partial charge >= 0.3 is 0 Å². The van der Waals surface area contributed by atoms with E-state index in [1.807, 2.05) is 7.05 Å². The van der Waals surface area contributed by atoms with Gasteiger partial charge in [-0.05, 0) is 47.9 Å². The molecule has 2 N–H and O–H groups in total. The van der Waals surface area contributed by atoms with E-state index in [1.165, 1.54) is 31.2 Å². The van der Waals surface area contributed by atoms with Crippen LogP contribution in [0.25, 0.3) is 0 Å². The summed E-state index contributed by atoms with van der Waals surface area (Å²) >= 11 is 3.42. The molecule has 3 rings (SSSR count). The Morgan fingerprint density at radius 1 is 1.35 bits per heavy atom. The number of aryl methyl sites for hydroxylation is 1. The van der Waals surface area contributed by atoms with Crippen LogP contribution in [-0.4, -0.2) is 40.6 Å². The van der Waals surface area contributed by atoms with Gasteiger partial charge < -0.3 is 15.2 Å². The Hall–Kier alpha value is -1.54. The minimum Gasteiger partial charge on any atom is -0.356 e. The number of aliphatic imine (C=N–C) groups is 1. The zero-order valence-corrected chi connectivity index (χ0v) is 17.2. The maximum atomic E-state index is 4.46. The number of nitrogens with one attached hydrogen (secondary N) is 2. The van der Waals surface area contributed by atoms with Gasteiger partial charge in [-0.2, -0.15) is 11.3 Å². The molecule has 0 spiro atoms. The van der Waals surface area contributed by atoms with E-state index in [1.54, 1.807) is 23.1 Å². The molecule has 0 aliphatic heterocycles. The highest BCUT2D eigenvalue weighted by Crippen LogP contribution is 2.33. The van der Waals surface area contributed by atoms with E-state index in [0.29, 0.717) is 6.04 Å². The van der Waals surface area contributed by atoms with Crippen molar-refractivity contribution < 1.29 is 0 Å². The quantitative estimate of drug-likeness (QED) is 0.312. The molecular weight excluding hydrogens is 364 g/mol. The van der Waals surface area contributed by atoms with Crippen LogP contribution >= 0.6 is 23.1 Å². The highest BCUT2D eigenvalue weighted by Gasteiger charge is 2.23. The first-order valence-corrected chi connectivity index (χ1v) is 11.4. The summed E-state index contributed by atoms with van der Waals surface area (Å²) in [6, 6.07) is 2.72. The number of thiophene rings is 1. The molecule has 0 saturated heterocycles. The topological polar surface area (TPSA) is 67.1 Å². The van der Waals surface area contributed by atoms with Crippen molar-refractivity contribution >= 4 is 29.1 Å². The molecule has 1 aliphatic rings. The second-order valence-electron chi connectivity index (χ2n) is 6.50. The molecule has 8 heteroatoms. The molecule has 1 saturated carbocycles. The van der Waals surface area contributed by atoms with Gasteiger partial charge in [-0.3, -0.25) is 4.99 Å². The third-order valence-electron chi connectivity index (χ3n) is 4.74. The number of aromatic nitrogens is 3. The number of nitrogens with zero attached hydrogens (tertiary/aromatic N) is 4. The van der Waals surface area contributed by atoms with Crippen LogP contribution in [0.2, 0.25) is 0 Å².